The quantitative estimate of drug-likeness (QED) is 0.749. The van der Waals surface area contributed by atoms with Crippen molar-refractivity contribution in [2.75, 3.05) is 27.4 Å². The number of methoxy groups -OCH3 is 2. The molecule has 0 aliphatic carbocycles. The Morgan fingerprint density at radius 2 is 2.04 bits per heavy atom. The summed E-state index contributed by atoms with van der Waals surface area (Å²) in [4.78, 5) is 19.3. The maximum Gasteiger partial charge on any atom is 0.254 e. The molecular weight excluding hydrogens is 344 g/mol. The van der Waals surface area contributed by atoms with E-state index in [-0.39, 0.29) is 12.0 Å². The van der Waals surface area contributed by atoms with E-state index in [0.717, 1.165) is 30.6 Å². The maximum absolute atomic E-state index is 13.3. The fourth-order valence-electron chi connectivity index (χ4n) is 3.36. The number of ether oxygens (including phenoxy) is 3. The summed E-state index contributed by atoms with van der Waals surface area (Å²) in [5.74, 6) is 1.19. The minimum Gasteiger partial charge on any atom is -0.496 e. The highest BCUT2D eigenvalue weighted by atomic mass is 16.5. The number of pyridine rings is 1. The van der Waals surface area contributed by atoms with Gasteiger partial charge in [-0.05, 0) is 43.5 Å². The predicted molar refractivity (Wildman–Crippen MR) is 102 cm³/mol. The van der Waals surface area contributed by atoms with Crippen molar-refractivity contribution in [1.82, 2.24) is 9.88 Å². The van der Waals surface area contributed by atoms with Gasteiger partial charge < -0.3 is 19.1 Å². The van der Waals surface area contributed by atoms with E-state index in [4.69, 9.17) is 14.2 Å². The molecule has 0 bridgehead atoms. The topological polar surface area (TPSA) is 60.9 Å². The summed E-state index contributed by atoms with van der Waals surface area (Å²) >= 11 is 0. The Bertz CT molecular complexity index is 748. The molecule has 0 saturated carbocycles. The first-order chi connectivity index (χ1) is 13.1. The zero-order chi connectivity index (χ0) is 19.2. The molecule has 0 radical (unpaired) electrons. The van der Waals surface area contributed by atoms with Crippen molar-refractivity contribution in [3.8, 4) is 11.5 Å². The first-order valence-electron chi connectivity index (χ1n) is 9.14. The number of hydrogen-bond acceptors (Lipinski definition) is 5. The first-order valence-corrected chi connectivity index (χ1v) is 9.14. The van der Waals surface area contributed by atoms with Crippen LogP contribution in [-0.2, 0) is 11.3 Å². The molecule has 1 aromatic heterocycles. The van der Waals surface area contributed by atoms with Crippen LogP contribution >= 0.6 is 0 Å². The molecule has 144 valence electrons. The number of aromatic nitrogens is 1. The van der Waals surface area contributed by atoms with Gasteiger partial charge in [-0.25, -0.2) is 0 Å². The van der Waals surface area contributed by atoms with E-state index in [9.17, 15) is 4.79 Å². The Balaban J connectivity index is 1.89. The molecule has 27 heavy (non-hydrogen) atoms. The first kappa shape index (κ1) is 19.2. The second-order valence-corrected chi connectivity index (χ2v) is 6.69. The summed E-state index contributed by atoms with van der Waals surface area (Å²) < 4.78 is 16.6. The Morgan fingerprint density at radius 1 is 1.30 bits per heavy atom. The van der Waals surface area contributed by atoms with Crippen molar-refractivity contribution in [3.63, 3.8) is 0 Å². The van der Waals surface area contributed by atoms with Crippen molar-refractivity contribution in [2.24, 2.45) is 0 Å². The molecule has 1 atom stereocenters. The van der Waals surface area contributed by atoms with E-state index < -0.39 is 0 Å². The molecule has 0 spiro atoms. The number of amides is 1. The molecule has 1 aromatic carbocycles. The van der Waals surface area contributed by atoms with Gasteiger partial charge in [0.1, 0.15) is 11.5 Å². The van der Waals surface area contributed by atoms with Crippen molar-refractivity contribution < 1.29 is 19.0 Å². The summed E-state index contributed by atoms with van der Waals surface area (Å²) in [5, 5.41) is 0. The summed E-state index contributed by atoms with van der Waals surface area (Å²) in [7, 11) is 3.19. The smallest absolute Gasteiger partial charge is 0.254 e. The minimum atomic E-state index is -0.0778. The third kappa shape index (κ3) is 4.57. The second kappa shape index (κ2) is 8.86. The van der Waals surface area contributed by atoms with Crippen LogP contribution < -0.4 is 9.47 Å². The van der Waals surface area contributed by atoms with Gasteiger partial charge in [-0.2, -0.15) is 0 Å². The number of carbonyl (C=O) groups excluding carboxylic acids is 1. The third-order valence-electron chi connectivity index (χ3n) is 4.83. The molecule has 6 nitrogen and oxygen atoms in total. The minimum absolute atomic E-state index is 0.0693. The monoisotopic (exact) mass is 370 g/mol. The largest absolute Gasteiger partial charge is 0.496 e. The van der Waals surface area contributed by atoms with Gasteiger partial charge >= 0.3 is 0 Å². The van der Waals surface area contributed by atoms with Gasteiger partial charge in [-0.15, -0.1) is 0 Å². The molecule has 2 aromatic rings. The molecule has 1 aliphatic heterocycles. The molecule has 1 saturated heterocycles. The standard InChI is InChI=1S/C21H26N2O4/c1-15-19(25-2)10-17(11-20(15)26-3)21(24)23(14-18-7-5-9-27-18)13-16-6-4-8-22-12-16/h4,6,8,10-12,18H,5,7,9,13-14H2,1-3H3/t18-/m1/s1. The number of carbonyl (C=O) groups is 1. The van der Waals surface area contributed by atoms with Crippen LogP contribution in [0.3, 0.4) is 0 Å². The lowest BCUT2D eigenvalue weighted by Gasteiger charge is -2.26. The van der Waals surface area contributed by atoms with Crippen molar-refractivity contribution >= 4 is 5.91 Å². The van der Waals surface area contributed by atoms with E-state index in [2.05, 4.69) is 4.98 Å². The average Bonchev–Trinajstić information content (AvgIpc) is 3.21. The average molecular weight is 370 g/mol. The Kier molecular flexibility index (Phi) is 6.29. The van der Waals surface area contributed by atoms with Crippen molar-refractivity contribution in [1.29, 1.82) is 0 Å². The molecule has 2 heterocycles. The van der Waals surface area contributed by atoms with Crippen LogP contribution in [0.15, 0.2) is 36.7 Å². The molecule has 1 amide bonds. The van der Waals surface area contributed by atoms with Gasteiger partial charge in [0, 0.05) is 43.2 Å². The lowest BCUT2D eigenvalue weighted by molar-refractivity contribution is 0.0506. The lowest BCUT2D eigenvalue weighted by Crippen LogP contribution is -2.37. The molecule has 0 unspecified atom stereocenters. The highest BCUT2D eigenvalue weighted by molar-refractivity contribution is 5.95. The van der Waals surface area contributed by atoms with E-state index in [0.29, 0.717) is 30.2 Å². The van der Waals surface area contributed by atoms with Crippen molar-refractivity contribution in [3.05, 3.63) is 53.3 Å². The predicted octanol–water partition coefficient (Wildman–Crippen LogP) is 3.23. The van der Waals surface area contributed by atoms with Crippen LogP contribution in [-0.4, -0.2) is 49.3 Å². The second-order valence-electron chi connectivity index (χ2n) is 6.69. The van der Waals surface area contributed by atoms with Gasteiger partial charge in [0.25, 0.3) is 5.91 Å². The molecule has 0 N–H and O–H groups in total. The van der Waals surface area contributed by atoms with E-state index in [1.54, 1.807) is 38.7 Å². The molecular formula is C21H26N2O4. The van der Waals surface area contributed by atoms with Crippen LogP contribution in [0.4, 0.5) is 0 Å². The summed E-state index contributed by atoms with van der Waals surface area (Å²) in [6, 6.07) is 7.39. The van der Waals surface area contributed by atoms with E-state index in [1.807, 2.05) is 24.0 Å². The fraction of sp³-hybridized carbons (Fsp3) is 0.429. The zero-order valence-corrected chi connectivity index (χ0v) is 16.1. The zero-order valence-electron chi connectivity index (χ0n) is 16.1. The number of benzene rings is 1. The lowest BCUT2D eigenvalue weighted by atomic mass is 10.1. The summed E-state index contributed by atoms with van der Waals surface area (Å²) in [5.41, 5.74) is 2.39. The maximum atomic E-state index is 13.3. The number of hydrogen-bond donors (Lipinski definition) is 0. The van der Waals surface area contributed by atoms with Crippen LogP contribution in [0.1, 0.15) is 34.3 Å². The molecule has 6 heteroatoms. The Labute approximate surface area is 160 Å². The Hall–Kier alpha value is -2.60. The molecule has 3 rings (SSSR count). The van der Waals surface area contributed by atoms with Crippen LogP contribution in [0, 0.1) is 6.92 Å². The van der Waals surface area contributed by atoms with E-state index in [1.165, 1.54) is 0 Å². The Morgan fingerprint density at radius 3 is 2.59 bits per heavy atom. The SMILES string of the molecule is COc1cc(C(=O)N(Cc2cccnc2)C[C@H]2CCCO2)cc(OC)c1C. The van der Waals surface area contributed by atoms with Gasteiger partial charge in [0.05, 0.1) is 20.3 Å². The summed E-state index contributed by atoms with van der Waals surface area (Å²) in [6.07, 6.45) is 5.58. The van der Waals surface area contributed by atoms with E-state index >= 15 is 0 Å². The van der Waals surface area contributed by atoms with Crippen LogP contribution in [0.5, 0.6) is 11.5 Å². The van der Waals surface area contributed by atoms with Gasteiger partial charge in [0.2, 0.25) is 0 Å². The normalized spacial score (nSPS) is 16.2. The third-order valence-corrected chi connectivity index (χ3v) is 4.83. The summed E-state index contributed by atoms with van der Waals surface area (Å²) in [6.45, 7) is 3.69. The number of nitrogens with zero attached hydrogens (tertiary/aromatic N) is 2. The van der Waals surface area contributed by atoms with Crippen molar-refractivity contribution in [2.45, 2.75) is 32.4 Å². The van der Waals surface area contributed by atoms with Crippen LogP contribution in [0.2, 0.25) is 0 Å². The molecule has 1 fully saturated rings. The highest BCUT2D eigenvalue weighted by Crippen LogP contribution is 2.30. The van der Waals surface area contributed by atoms with Crippen LogP contribution in [0.25, 0.3) is 0 Å². The van der Waals surface area contributed by atoms with Gasteiger partial charge in [0.15, 0.2) is 0 Å². The van der Waals surface area contributed by atoms with Gasteiger partial charge in [-0.3, -0.25) is 9.78 Å². The fourth-order valence-corrected chi connectivity index (χ4v) is 3.36. The highest BCUT2D eigenvalue weighted by Gasteiger charge is 2.25. The number of rotatable bonds is 7. The molecule has 1 aliphatic rings. The van der Waals surface area contributed by atoms with Gasteiger partial charge in [-0.1, -0.05) is 6.07 Å².